The van der Waals surface area contributed by atoms with Gasteiger partial charge in [0.2, 0.25) is 11.8 Å². The second kappa shape index (κ2) is 9.00. The highest BCUT2D eigenvalue weighted by atomic mass is 16.3. The normalized spacial score (nSPS) is 20.9. The lowest BCUT2D eigenvalue weighted by Gasteiger charge is -2.28. The Morgan fingerprint density at radius 1 is 0.879 bits per heavy atom. The SMILES string of the molecule is CN(C(=O)[C@H]1CC[C@@H](N(C)C(=O)c2ccc(-c3nc4ccccc4o3)cc2)C1)C1CCCC1. The van der Waals surface area contributed by atoms with Crippen molar-refractivity contribution in [2.24, 2.45) is 5.92 Å². The first-order valence-corrected chi connectivity index (χ1v) is 12.0. The van der Waals surface area contributed by atoms with Crippen molar-refractivity contribution < 1.29 is 14.0 Å². The zero-order valence-electron chi connectivity index (χ0n) is 19.4. The Balaban J connectivity index is 1.22. The standard InChI is InChI=1S/C27H31N3O3/c1-29(21-7-3-4-8-21)27(32)20-15-16-22(17-20)30(2)26(31)19-13-11-18(12-14-19)25-28-23-9-5-6-10-24(23)33-25/h5-6,9-14,20-22H,3-4,7-8,15-17H2,1-2H3/t20-,22+/m0/s1. The Kier molecular flexibility index (Phi) is 5.92. The molecule has 1 aromatic heterocycles. The number of para-hydroxylation sites is 2. The van der Waals surface area contributed by atoms with Crippen LogP contribution in [0.2, 0.25) is 0 Å². The van der Waals surface area contributed by atoms with Gasteiger partial charge in [0, 0.05) is 43.2 Å². The fourth-order valence-electron chi connectivity index (χ4n) is 5.41. The summed E-state index contributed by atoms with van der Waals surface area (Å²) in [6.07, 6.45) is 7.16. The Morgan fingerprint density at radius 3 is 2.33 bits per heavy atom. The van der Waals surface area contributed by atoms with Gasteiger partial charge in [-0.3, -0.25) is 9.59 Å². The lowest BCUT2D eigenvalue weighted by atomic mass is 10.0. The van der Waals surface area contributed by atoms with Gasteiger partial charge in [-0.25, -0.2) is 4.98 Å². The van der Waals surface area contributed by atoms with Gasteiger partial charge in [0.1, 0.15) is 5.52 Å². The molecule has 0 radical (unpaired) electrons. The summed E-state index contributed by atoms with van der Waals surface area (Å²) in [5.41, 5.74) is 3.04. The third-order valence-corrected chi connectivity index (χ3v) is 7.51. The Labute approximate surface area is 194 Å². The van der Waals surface area contributed by atoms with E-state index in [1.54, 1.807) is 0 Å². The van der Waals surface area contributed by atoms with Crippen LogP contribution in [0.1, 0.15) is 55.3 Å². The van der Waals surface area contributed by atoms with E-state index in [1.807, 2.05) is 72.4 Å². The van der Waals surface area contributed by atoms with Crippen LogP contribution < -0.4 is 0 Å². The summed E-state index contributed by atoms with van der Waals surface area (Å²) >= 11 is 0. The van der Waals surface area contributed by atoms with Crippen molar-refractivity contribution >= 4 is 22.9 Å². The van der Waals surface area contributed by atoms with E-state index >= 15 is 0 Å². The third kappa shape index (κ3) is 4.26. The number of oxazole rings is 1. The molecule has 2 saturated carbocycles. The number of amides is 2. The molecule has 33 heavy (non-hydrogen) atoms. The smallest absolute Gasteiger partial charge is 0.253 e. The molecule has 0 saturated heterocycles. The maximum Gasteiger partial charge on any atom is 0.253 e. The lowest BCUT2D eigenvalue weighted by molar-refractivity contribution is -0.136. The molecule has 1 heterocycles. The molecule has 2 fully saturated rings. The maximum absolute atomic E-state index is 13.1. The van der Waals surface area contributed by atoms with Crippen molar-refractivity contribution in [3.63, 3.8) is 0 Å². The van der Waals surface area contributed by atoms with Crippen molar-refractivity contribution in [1.29, 1.82) is 0 Å². The van der Waals surface area contributed by atoms with Crippen molar-refractivity contribution in [3.8, 4) is 11.5 Å². The van der Waals surface area contributed by atoms with Gasteiger partial charge < -0.3 is 14.2 Å². The summed E-state index contributed by atoms with van der Waals surface area (Å²) in [5.74, 6) is 0.818. The molecule has 6 nitrogen and oxygen atoms in total. The molecule has 6 heteroatoms. The maximum atomic E-state index is 13.1. The summed E-state index contributed by atoms with van der Waals surface area (Å²) in [6.45, 7) is 0. The number of nitrogens with zero attached hydrogens (tertiary/aromatic N) is 3. The molecule has 0 N–H and O–H groups in total. The third-order valence-electron chi connectivity index (χ3n) is 7.51. The highest BCUT2D eigenvalue weighted by Crippen LogP contribution is 2.33. The van der Waals surface area contributed by atoms with Gasteiger partial charge in [-0.2, -0.15) is 0 Å². The van der Waals surface area contributed by atoms with Gasteiger partial charge in [-0.15, -0.1) is 0 Å². The van der Waals surface area contributed by atoms with E-state index in [-0.39, 0.29) is 23.8 Å². The fourth-order valence-corrected chi connectivity index (χ4v) is 5.41. The largest absolute Gasteiger partial charge is 0.436 e. The first kappa shape index (κ1) is 21.7. The van der Waals surface area contributed by atoms with E-state index < -0.39 is 0 Å². The first-order chi connectivity index (χ1) is 16.0. The average Bonchev–Trinajstić information content (AvgIpc) is 3.62. The quantitative estimate of drug-likeness (QED) is 0.546. The molecule has 0 aliphatic heterocycles. The van der Waals surface area contributed by atoms with Crippen LogP contribution in [0.4, 0.5) is 0 Å². The van der Waals surface area contributed by atoms with Crippen LogP contribution in [0.5, 0.6) is 0 Å². The molecule has 0 spiro atoms. The molecule has 5 rings (SSSR count). The van der Waals surface area contributed by atoms with Gasteiger partial charge in [0.25, 0.3) is 5.91 Å². The summed E-state index contributed by atoms with van der Waals surface area (Å²) in [5, 5.41) is 0. The van der Waals surface area contributed by atoms with E-state index in [0.29, 0.717) is 17.5 Å². The molecule has 2 aliphatic rings. The molecule has 2 aromatic carbocycles. The molecule has 0 unspecified atom stereocenters. The van der Waals surface area contributed by atoms with Gasteiger partial charge in [-0.05, 0) is 68.5 Å². The van der Waals surface area contributed by atoms with Crippen LogP contribution in [0.15, 0.2) is 52.9 Å². The number of carbonyl (C=O) groups excluding carboxylic acids is 2. The van der Waals surface area contributed by atoms with Crippen LogP contribution in [0.25, 0.3) is 22.6 Å². The van der Waals surface area contributed by atoms with E-state index in [9.17, 15) is 9.59 Å². The molecule has 172 valence electrons. The van der Waals surface area contributed by atoms with Gasteiger partial charge in [0.05, 0.1) is 0 Å². The number of benzene rings is 2. The topological polar surface area (TPSA) is 66.7 Å². The van der Waals surface area contributed by atoms with Crippen LogP contribution in [-0.4, -0.2) is 52.8 Å². The van der Waals surface area contributed by atoms with E-state index in [0.717, 1.165) is 48.8 Å². The molecule has 2 amide bonds. The summed E-state index contributed by atoms with van der Waals surface area (Å²) < 4.78 is 5.83. The summed E-state index contributed by atoms with van der Waals surface area (Å²) in [7, 11) is 3.81. The molecule has 0 bridgehead atoms. The first-order valence-electron chi connectivity index (χ1n) is 12.0. The van der Waals surface area contributed by atoms with Crippen LogP contribution in [-0.2, 0) is 4.79 Å². The Hall–Kier alpha value is -3.15. The second-order valence-electron chi connectivity index (χ2n) is 9.53. The minimum atomic E-state index is -0.0126. The molecular weight excluding hydrogens is 414 g/mol. The van der Waals surface area contributed by atoms with Crippen LogP contribution >= 0.6 is 0 Å². The number of rotatable bonds is 5. The van der Waals surface area contributed by atoms with Gasteiger partial charge in [-0.1, -0.05) is 25.0 Å². The van der Waals surface area contributed by atoms with E-state index in [2.05, 4.69) is 4.98 Å². The van der Waals surface area contributed by atoms with Crippen molar-refractivity contribution in [2.45, 2.75) is 57.0 Å². The van der Waals surface area contributed by atoms with Crippen molar-refractivity contribution in [1.82, 2.24) is 14.8 Å². The van der Waals surface area contributed by atoms with Crippen molar-refractivity contribution in [2.75, 3.05) is 14.1 Å². The van der Waals surface area contributed by atoms with Crippen molar-refractivity contribution in [3.05, 3.63) is 54.1 Å². The number of fused-ring (bicyclic) bond motifs is 1. The Bertz CT molecular complexity index is 1110. The minimum Gasteiger partial charge on any atom is -0.436 e. The summed E-state index contributed by atoms with van der Waals surface area (Å²) in [6, 6.07) is 15.6. The Morgan fingerprint density at radius 2 is 1.61 bits per heavy atom. The summed E-state index contributed by atoms with van der Waals surface area (Å²) in [4.78, 5) is 34.4. The molecule has 2 aliphatic carbocycles. The monoisotopic (exact) mass is 445 g/mol. The number of hydrogen-bond donors (Lipinski definition) is 0. The number of hydrogen-bond acceptors (Lipinski definition) is 4. The number of carbonyl (C=O) groups is 2. The second-order valence-corrected chi connectivity index (χ2v) is 9.53. The highest BCUT2D eigenvalue weighted by Gasteiger charge is 2.37. The zero-order chi connectivity index (χ0) is 22.9. The fraction of sp³-hybridized carbons (Fsp3) is 0.444. The van der Waals surface area contributed by atoms with Gasteiger partial charge >= 0.3 is 0 Å². The minimum absolute atomic E-state index is 0.0126. The average molecular weight is 446 g/mol. The lowest BCUT2D eigenvalue weighted by Crippen LogP contribution is -2.40. The van der Waals surface area contributed by atoms with Gasteiger partial charge in [0.15, 0.2) is 5.58 Å². The van der Waals surface area contributed by atoms with Crippen LogP contribution in [0, 0.1) is 5.92 Å². The predicted octanol–water partition coefficient (Wildman–Crippen LogP) is 5.14. The van der Waals surface area contributed by atoms with E-state index in [4.69, 9.17) is 4.42 Å². The number of aromatic nitrogens is 1. The zero-order valence-corrected chi connectivity index (χ0v) is 19.4. The van der Waals surface area contributed by atoms with Crippen LogP contribution in [0.3, 0.4) is 0 Å². The predicted molar refractivity (Wildman–Crippen MR) is 128 cm³/mol. The molecule has 3 aromatic rings. The van der Waals surface area contributed by atoms with E-state index in [1.165, 1.54) is 12.8 Å². The highest BCUT2D eigenvalue weighted by molar-refractivity contribution is 5.95. The molecule has 2 atom stereocenters. The molecular formula is C27H31N3O3.